The van der Waals surface area contributed by atoms with Crippen molar-refractivity contribution in [2.75, 3.05) is 20.3 Å². The Hall–Kier alpha value is -4.06. The molecule has 0 saturated carbocycles. The van der Waals surface area contributed by atoms with E-state index in [9.17, 15) is 4.79 Å². The standard InChI is InChI=1S/C34H41N3O3/c1-3-14-27-20-21-31(32(25-27)39-2)40-24-13-12-23-37-30-18-10-9-17-29(30)36-33(37)19-8-5-11-22-35-34(38)26-28-15-6-4-7-16-28/h3-4,6-7,9-10,15-18,20-21,25H,1,5,8,11-14,19,22-24,26H2,2H3,(H,35,38). The predicted molar refractivity (Wildman–Crippen MR) is 162 cm³/mol. The number of amides is 1. The Labute approximate surface area is 238 Å². The van der Waals surface area contributed by atoms with Crippen LogP contribution in [0.3, 0.4) is 0 Å². The molecule has 0 bridgehead atoms. The average molecular weight is 540 g/mol. The number of unbranched alkanes of at least 4 members (excludes halogenated alkanes) is 3. The maximum atomic E-state index is 12.2. The van der Waals surface area contributed by atoms with E-state index in [1.54, 1.807) is 7.11 Å². The first-order chi connectivity index (χ1) is 19.7. The normalized spacial score (nSPS) is 10.9. The van der Waals surface area contributed by atoms with Crippen molar-refractivity contribution in [1.82, 2.24) is 14.9 Å². The van der Waals surface area contributed by atoms with Crippen LogP contribution in [0.2, 0.25) is 0 Å². The van der Waals surface area contributed by atoms with E-state index in [1.165, 1.54) is 5.52 Å². The Bertz CT molecular complexity index is 1360. The Morgan fingerprint density at radius 3 is 2.58 bits per heavy atom. The Morgan fingerprint density at radius 2 is 1.75 bits per heavy atom. The molecule has 6 nitrogen and oxygen atoms in total. The molecule has 6 heteroatoms. The molecular formula is C34H41N3O3. The number of aromatic nitrogens is 2. The summed E-state index contributed by atoms with van der Waals surface area (Å²) in [5.41, 5.74) is 4.44. The SMILES string of the molecule is C=CCc1ccc(OCCCCn2c(CCCCCNC(=O)Cc3ccccc3)nc3ccccc32)c(OC)c1. The number of carbonyl (C=O) groups excluding carboxylic acids is 1. The minimum Gasteiger partial charge on any atom is -0.493 e. The summed E-state index contributed by atoms with van der Waals surface area (Å²) in [7, 11) is 1.67. The molecule has 0 saturated heterocycles. The van der Waals surface area contributed by atoms with Gasteiger partial charge in [-0.25, -0.2) is 4.98 Å². The molecule has 4 aromatic rings. The molecule has 0 atom stereocenters. The topological polar surface area (TPSA) is 65.4 Å². The molecule has 0 radical (unpaired) electrons. The van der Waals surface area contributed by atoms with Crippen LogP contribution in [-0.4, -0.2) is 35.7 Å². The lowest BCUT2D eigenvalue weighted by molar-refractivity contribution is -0.120. The minimum atomic E-state index is 0.0834. The lowest BCUT2D eigenvalue weighted by atomic mass is 10.1. The van der Waals surface area contributed by atoms with Gasteiger partial charge in [0, 0.05) is 19.5 Å². The second-order valence-electron chi connectivity index (χ2n) is 10.0. The van der Waals surface area contributed by atoms with Gasteiger partial charge in [0.15, 0.2) is 11.5 Å². The van der Waals surface area contributed by atoms with Gasteiger partial charge < -0.3 is 19.4 Å². The molecule has 4 rings (SSSR count). The van der Waals surface area contributed by atoms with Crippen LogP contribution in [0.15, 0.2) is 85.5 Å². The van der Waals surface area contributed by atoms with Crippen molar-refractivity contribution >= 4 is 16.9 Å². The van der Waals surface area contributed by atoms with Crippen LogP contribution in [0.25, 0.3) is 11.0 Å². The number of ether oxygens (including phenoxy) is 2. The van der Waals surface area contributed by atoms with Gasteiger partial charge in [0.05, 0.1) is 31.2 Å². The molecule has 0 spiro atoms. The van der Waals surface area contributed by atoms with Gasteiger partial charge in [0.1, 0.15) is 5.82 Å². The lowest BCUT2D eigenvalue weighted by Gasteiger charge is -2.13. The number of hydrogen-bond acceptors (Lipinski definition) is 4. The lowest BCUT2D eigenvalue weighted by Crippen LogP contribution is -2.26. The Morgan fingerprint density at radius 1 is 0.925 bits per heavy atom. The van der Waals surface area contributed by atoms with Gasteiger partial charge in [-0.15, -0.1) is 6.58 Å². The van der Waals surface area contributed by atoms with E-state index in [0.29, 0.717) is 19.6 Å². The van der Waals surface area contributed by atoms with Gasteiger partial charge in [-0.05, 0) is 67.5 Å². The Balaban J connectivity index is 1.21. The smallest absolute Gasteiger partial charge is 0.224 e. The number of carbonyl (C=O) groups is 1. The summed E-state index contributed by atoms with van der Waals surface area (Å²) < 4.78 is 13.9. The van der Waals surface area contributed by atoms with E-state index in [0.717, 1.165) is 85.5 Å². The van der Waals surface area contributed by atoms with Crippen molar-refractivity contribution in [3.8, 4) is 11.5 Å². The molecule has 1 aromatic heterocycles. The fourth-order valence-electron chi connectivity index (χ4n) is 4.90. The van der Waals surface area contributed by atoms with E-state index in [2.05, 4.69) is 40.7 Å². The van der Waals surface area contributed by atoms with Crippen molar-refractivity contribution in [3.63, 3.8) is 0 Å². The maximum absolute atomic E-state index is 12.2. The molecule has 0 aliphatic rings. The third-order valence-corrected chi connectivity index (χ3v) is 6.98. The van der Waals surface area contributed by atoms with Crippen LogP contribution >= 0.6 is 0 Å². The van der Waals surface area contributed by atoms with Crippen molar-refractivity contribution in [2.45, 2.75) is 57.9 Å². The zero-order chi connectivity index (χ0) is 28.0. The summed E-state index contributed by atoms with van der Waals surface area (Å²) in [5, 5.41) is 3.05. The van der Waals surface area contributed by atoms with E-state index in [4.69, 9.17) is 14.5 Å². The molecule has 3 aromatic carbocycles. The number of aryl methyl sites for hydroxylation is 2. The first-order valence-corrected chi connectivity index (χ1v) is 14.3. The van der Waals surface area contributed by atoms with Crippen molar-refractivity contribution in [2.24, 2.45) is 0 Å². The summed E-state index contributed by atoms with van der Waals surface area (Å²) in [4.78, 5) is 17.1. The molecule has 210 valence electrons. The summed E-state index contributed by atoms with van der Waals surface area (Å²) in [6.07, 6.45) is 9.06. The summed E-state index contributed by atoms with van der Waals surface area (Å²) in [6, 6.07) is 24.3. The van der Waals surface area contributed by atoms with Crippen molar-refractivity contribution < 1.29 is 14.3 Å². The average Bonchev–Trinajstić information content (AvgIpc) is 3.33. The van der Waals surface area contributed by atoms with Crippen LogP contribution in [0.5, 0.6) is 11.5 Å². The number of nitrogens with zero attached hydrogens (tertiary/aromatic N) is 2. The second-order valence-corrected chi connectivity index (χ2v) is 10.0. The number of imidazole rings is 1. The highest BCUT2D eigenvalue weighted by Gasteiger charge is 2.11. The van der Waals surface area contributed by atoms with Gasteiger partial charge in [-0.3, -0.25) is 4.79 Å². The summed E-state index contributed by atoms with van der Waals surface area (Å²) >= 11 is 0. The van der Waals surface area contributed by atoms with Gasteiger partial charge in [0.2, 0.25) is 5.91 Å². The molecular weight excluding hydrogens is 498 g/mol. The van der Waals surface area contributed by atoms with Gasteiger partial charge in [0.25, 0.3) is 0 Å². The van der Waals surface area contributed by atoms with Gasteiger partial charge >= 0.3 is 0 Å². The summed E-state index contributed by atoms with van der Waals surface area (Å²) in [5.74, 6) is 2.76. The number of fused-ring (bicyclic) bond motifs is 1. The van der Waals surface area contributed by atoms with Crippen LogP contribution in [0.4, 0.5) is 0 Å². The fourth-order valence-corrected chi connectivity index (χ4v) is 4.90. The highest BCUT2D eigenvalue weighted by molar-refractivity contribution is 5.78. The van der Waals surface area contributed by atoms with Crippen LogP contribution in [-0.2, 0) is 30.6 Å². The van der Waals surface area contributed by atoms with E-state index >= 15 is 0 Å². The molecule has 0 unspecified atom stereocenters. The predicted octanol–water partition coefficient (Wildman–Crippen LogP) is 6.70. The molecule has 1 heterocycles. The number of benzene rings is 3. The second kappa shape index (κ2) is 15.5. The largest absolute Gasteiger partial charge is 0.493 e. The fraction of sp³-hybridized carbons (Fsp3) is 0.353. The zero-order valence-corrected chi connectivity index (χ0v) is 23.6. The number of nitrogens with one attached hydrogen (secondary N) is 1. The molecule has 1 amide bonds. The molecule has 1 N–H and O–H groups in total. The molecule has 40 heavy (non-hydrogen) atoms. The number of hydrogen-bond donors (Lipinski definition) is 1. The van der Waals surface area contributed by atoms with Gasteiger partial charge in [-0.1, -0.05) is 61.0 Å². The van der Waals surface area contributed by atoms with E-state index in [1.807, 2.05) is 54.6 Å². The number of rotatable bonds is 17. The van der Waals surface area contributed by atoms with E-state index in [-0.39, 0.29) is 5.91 Å². The monoisotopic (exact) mass is 539 g/mol. The van der Waals surface area contributed by atoms with Crippen molar-refractivity contribution in [3.05, 3.63) is 102 Å². The highest BCUT2D eigenvalue weighted by Crippen LogP contribution is 2.28. The Kier molecular flexibility index (Phi) is 11.2. The first-order valence-electron chi connectivity index (χ1n) is 14.3. The molecule has 0 fully saturated rings. The zero-order valence-electron chi connectivity index (χ0n) is 23.6. The van der Waals surface area contributed by atoms with E-state index < -0.39 is 0 Å². The minimum absolute atomic E-state index is 0.0834. The number of methoxy groups -OCH3 is 1. The third-order valence-electron chi connectivity index (χ3n) is 6.98. The first kappa shape index (κ1) is 28.9. The van der Waals surface area contributed by atoms with Crippen LogP contribution < -0.4 is 14.8 Å². The third kappa shape index (κ3) is 8.47. The van der Waals surface area contributed by atoms with Gasteiger partial charge in [-0.2, -0.15) is 0 Å². The maximum Gasteiger partial charge on any atom is 0.224 e. The molecule has 0 aliphatic heterocycles. The quantitative estimate of drug-likeness (QED) is 0.120. The van der Waals surface area contributed by atoms with Crippen molar-refractivity contribution in [1.29, 1.82) is 0 Å². The summed E-state index contributed by atoms with van der Waals surface area (Å²) in [6.45, 7) is 6.06. The highest BCUT2D eigenvalue weighted by atomic mass is 16.5. The van der Waals surface area contributed by atoms with Crippen LogP contribution in [0.1, 0.15) is 49.1 Å². The van der Waals surface area contributed by atoms with Crippen LogP contribution in [0, 0.1) is 0 Å². The number of allylic oxidation sites excluding steroid dienone is 1. The molecule has 0 aliphatic carbocycles. The number of para-hydroxylation sites is 2.